The van der Waals surface area contributed by atoms with Gasteiger partial charge in [-0.1, -0.05) is 50.1 Å². The van der Waals surface area contributed by atoms with E-state index >= 15 is 0 Å². The van der Waals surface area contributed by atoms with Gasteiger partial charge in [0.1, 0.15) is 24.1 Å². The molecular weight excluding hydrogens is 576 g/mol. The average Bonchev–Trinajstić information content (AvgIpc) is 2.80. The van der Waals surface area contributed by atoms with Crippen molar-refractivity contribution in [2.24, 2.45) is 0 Å². The maximum atomic E-state index is 12.6. The number of halogens is 2. The number of hydrogen-bond acceptors (Lipinski definition) is 5. The van der Waals surface area contributed by atoms with Crippen molar-refractivity contribution in [3.05, 3.63) is 62.5 Å². The summed E-state index contributed by atoms with van der Waals surface area (Å²) in [7, 11) is 1.85. The van der Waals surface area contributed by atoms with Crippen molar-refractivity contribution < 1.29 is 19.0 Å². The summed E-state index contributed by atoms with van der Waals surface area (Å²) >= 11 is 7.13. The van der Waals surface area contributed by atoms with Crippen LogP contribution in [0.4, 0.5) is 4.79 Å². The molecule has 0 unspecified atom stereocenters. The van der Waals surface area contributed by atoms with Gasteiger partial charge in [-0.15, -0.1) is 0 Å². The molecule has 35 heavy (non-hydrogen) atoms. The van der Waals surface area contributed by atoms with Crippen LogP contribution in [0.25, 0.3) is 0 Å². The Morgan fingerprint density at radius 3 is 2.43 bits per heavy atom. The fraction of sp³-hybridized carbons (Fsp3) is 0.519. The van der Waals surface area contributed by atoms with Crippen LogP contribution in [0.3, 0.4) is 0 Å². The lowest BCUT2D eigenvalue weighted by Crippen LogP contribution is -2.51. The molecule has 0 spiro atoms. The van der Waals surface area contributed by atoms with Gasteiger partial charge in [0.15, 0.2) is 0 Å². The number of carbonyl (C=O) groups is 1. The largest absolute Gasteiger partial charge is 0.490 e. The van der Waals surface area contributed by atoms with Crippen LogP contribution >= 0.6 is 31.9 Å². The van der Waals surface area contributed by atoms with Crippen LogP contribution in [-0.2, 0) is 16.1 Å². The van der Waals surface area contributed by atoms with Crippen LogP contribution in [0.15, 0.2) is 51.4 Å². The molecule has 0 aliphatic carbocycles. The molecule has 0 saturated carbocycles. The molecule has 8 heteroatoms. The molecule has 1 saturated heterocycles. The zero-order valence-electron chi connectivity index (χ0n) is 20.8. The number of piperidine rings is 1. The standard InChI is InChI=1S/C27H34Br2N2O4/c1-27(2,3)35-26(32)30(4)21-9-11-31(12-10-21)25-22-7-5-6-8-23(22)34-17-24(25)33-16-18-13-19(28)15-20(29)14-18/h5-8,13-15,21,24-25H,9-12,16-17H2,1-4H3/t24-,25-/m1/s1. The number of ether oxygens (including phenoxy) is 3. The van der Waals surface area contributed by atoms with Crippen molar-refractivity contribution in [3.8, 4) is 5.75 Å². The van der Waals surface area contributed by atoms with Crippen molar-refractivity contribution in [1.29, 1.82) is 0 Å². The molecule has 0 aromatic heterocycles. The Hall–Kier alpha value is -1.61. The van der Waals surface area contributed by atoms with Gasteiger partial charge in [-0.05, 0) is 63.4 Å². The SMILES string of the molecule is CN(C(=O)OC(C)(C)C)C1CCN([C@@H]2c3ccccc3OC[C@H]2OCc2cc(Br)cc(Br)c2)CC1. The third-order valence-electron chi connectivity index (χ3n) is 6.50. The number of benzene rings is 2. The van der Waals surface area contributed by atoms with Crippen molar-refractivity contribution in [3.63, 3.8) is 0 Å². The van der Waals surface area contributed by atoms with Crippen LogP contribution < -0.4 is 4.74 Å². The molecule has 2 aliphatic rings. The monoisotopic (exact) mass is 608 g/mol. The van der Waals surface area contributed by atoms with Crippen molar-refractivity contribution in [2.45, 2.75) is 64.0 Å². The van der Waals surface area contributed by atoms with Crippen molar-refractivity contribution in [2.75, 3.05) is 26.7 Å². The first-order valence-electron chi connectivity index (χ1n) is 12.1. The van der Waals surface area contributed by atoms with E-state index in [9.17, 15) is 4.79 Å². The highest BCUT2D eigenvalue weighted by atomic mass is 79.9. The maximum Gasteiger partial charge on any atom is 0.410 e. The summed E-state index contributed by atoms with van der Waals surface area (Å²) in [5, 5.41) is 0. The summed E-state index contributed by atoms with van der Waals surface area (Å²) in [6.45, 7) is 8.46. The minimum atomic E-state index is -0.494. The topological polar surface area (TPSA) is 51.2 Å². The highest BCUT2D eigenvalue weighted by molar-refractivity contribution is 9.11. The summed E-state index contributed by atoms with van der Waals surface area (Å²) in [4.78, 5) is 16.8. The van der Waals surface area contributed by atoms with Gasteiger partial charge < -0.3 is 19.1 Å². The first kappa shape index (κ1) is 26.5. The Bertz CT molecular complexity index is 1010. The lowest BCUT2D eigenvalue weighted by atomic mass is 9.93. The van der Waals surface area contributed by atoms with E-state index in [2.05, 4.69) is 61.0 Å². The second-order valence-electron chi connectivity index (χ2n) is 10.3. The van der Waals surface area contributed by atoms with E-state index in [0.29, 0.717) is 13.2 Å². The lowest BCUT2D eigenvalue weighted by Gasteiger charge is -2.44. The van der Waals surface area contributed by atoms with Gasteiger partial charge in [0.25, 0.3) is 0 Å². The Morgan fingerprint density at radius 1 is 1.11 bits per heavy atom. The Labute approximate surface area is 225 Å². The average molecular weight is 610 g/mol. The number of nitrogens with zero attached hydrogens (tertiary/aromatic N) is 2. The van der Waals surface area contributed by atoms with Crippen LogP contribution in [0.1, 0.15) is 50.8 Å². The van der Waals surface area contributed by atoms with Crippen molar-refractivity contribution >= 4 is 38.0 Å². The molecule has 2 heterocycles. The number of hydrogen-bond donors (Lipinski definition) is 0. The van der Waals surface area contributed by atoms with Crippen molar-refractivity contribution in [1.82, 2.24) is 9.80 Å². The van der Waals surface area contributed by atoms with E-state index in [4.69, 9.17) is 14.2 Å². The number of rotatable bonds is 5. The van der Waals surface area contributed by atoms with E-state index in [1.165, 1.54) is 0 Å². The molecule has 6 nitrogen and oxygen atoms in total. The van der Waals surface area contributed by atoms with E-state index in [0.717, 1.165) is 51.8 Å². The molecule has 190 valence electrons. The molecule has 0 N–H and O–H groups in total. The first-order chi connectivity index (χ1) is 16.6. The first-order valence-corrected chi connectivity index (χ1v) is 13.7. The number of fused-ring (bicyclic) bond motifs is 1. The molecule has 4 rings (SSSR count). The molecule has 2 aliphatic heterocycles. The lowest BCUT2D eigenvalue weighted by molar-refractivity contribution is -0.0676. The van der Waals surface area contributed by atoms with Crippen LogP contribution in [0.5, 0.6) is 5.75 Å². The zero-order valence-corrected chi connectivity index (χ0v) is 24.0. The van der Waals surface area contributed by atoms with Crippen LogP contribution in [-0.4, -0.2) is 60.4 Å². The van der Waals surface area contributed by atoms with Gasteiger partial charge in [-0.2, -0.15) is 0 Å². The minimum absolute atomic E-state index is 0.0946. The molecule has 2 aromatic carbocycles. The Kier molecular flexibility index (Phi) is 8.46. The highest BCUT2D eigenvalue weighted by Crippen LogP contribution is 2.39. The summed E-state index contributed by atoms with van der Waals surface area (Å²) in [6, 6.07) is 14.7. The zero-order chi connectivity index (χ0) is 25.2. The third kappa shape index (κ3) is 6.79. The fourth-order valence-electron chi connectivity index (χ4n) is 4.82. The number of likely N-dealkylation sites (tertiary alicyclic amines) is 1. The summed E-state index contributed by atoms with van der Waals surface area (Å²) in [6.07, 6.45) is 1.43. The summed E-state index contributed by atoms with van der Waals surface area (Å²) < 4.78 is 20.2. The molecule has 1 fully saturated rings. The third-order valence-corrected chi connectivity index (χ3v) is 7.42. The number of carbonyl (C=O) groups excluding carboxylic acids is 1. The summed E-state index contributed by atoms with van der Waals surface area (Å²) in [5.41, 5.74) is 1.77. The normalized spacial score (nSPS) is 21.2. The molecule has 0 radical (unpaired) electrons. The number of amides is 1. The minimum Gasteiger partial charge on any atom is -0.490 e. The quantitative estimate of drug-likeness (QED) is 0.384. The summed E-state index contributed by atoms with van der Waals surface area (Å²) in [5.74, 6) is 0.926. The second-order valence-corrected chi connectivity index (χ2v) is 12.1. The molecule has 0 bridgehead atoms. The van der Waals surface area contributed by atoms with Crippen LogP contribution in [0.2, 0.25) is 0 Å². The fourth-order valence-corrected chi connectivity index (χ4v) is 6.21. The second kappa shape index (κ2) is 11.2. The molecule has 2 atom stereocenters. The van der Waals surface area contributed by atoms with E-state index in [1.54, 1.807) is 4.90 Å². The predicted molar refractivity (Wildman–Crippen MR) is 144 cm³/mol. The van der Waals surface area contributed by atoms with Gasteiger partial charge in [-0.3, -0.25) is 4.90 Å². The molecular formula is C27H34Br2N2O4. The molecule has 2 aromatic rings. The maximum absolute atomic E-state index is 12.6. The highest BCUT2D eigenvalue weighted by Gasteiger charge is 2.39. The van der Waals surface area contributed by atoms with Gasteiger partial charge in [0.05, 0.1) is 12.6 Å². The number of para-hydroxylation sites is 1. The Morgan fingerprint density at radius 2 is 1.77 bits per heavy atom. The van der Waals surface area contributed by atoms with Gasteiger partial charge in [0.2, 0.25) is 0 Å². The van der Waals surface area contributed by atoms with Gasteiger partial charge >= 0.3 is 6.09 Å². The van der Waals surface area contributed by atoms with E-state index in [1.807, 2.05) is 46.0 Å². The smallest absolute Gasteiger partial charge is 0.410 e. The predicted octanol–water partition coefficient (Wildman–Crippen LogP) is 6.56. The van der Waals surface area contributed by atoms with Gasteiger partial charge in [0, 0.05) is 40.7 Å². The van der Waals surface area contributed by atoms with Crippen LogP contribution in [0, 0.1) is 0 Å². The Balaban J connectivity index is 1.45. The van der Waals surface area contributed by atoms with Gasteiger partial charge in [-0.25, -0.2) is 4.79 Å². The van der Waals surface area contributed by atoms with E-state index in [-0.39, 0.29) is 24.3 Å². The molecule has 1 amide bonds. The van der Waals surface area contributed by atoms with E-state index < -0.39 is 5.60 Å².